The number of amides is 1. The molecule has 0 saturated carbocycles. The van der Waals surface area contributed by atoms with Crippen molar-refractivity contribution < 1.29 is 18.7 Å². The van der Waals surface area contributed by atoms with Gasteiger partial charge in [-0.05, 0) is 67.6 Å². The number of halogens is 1. The first-order chi connectivity index (χ1) is 13.5. The molecule has 0 aliphatic heterocycles. The summed E-state index contributed by atoms with van der Waals surface area (Å²) in [7, 11) is 0. The highest BCUT2D eigenvalue weighted by atomic mass is 19.1. The van der Waals surface area contributed by atoms with Gasteiger partial charge in [-0.25, -0.2) is 14.2 Å². The van der Waals surface area contributed by atoms with Gasteiger partial charge in [-0.15, -0.1) is 0 Å². The van der Waals surface area contributed by atoms with Gasteiger partial charge in [-0.2, -0.15) is 0 Å². The monoisotopic (exact) mass is 379 g/mol. The van der Waals surface area contributed by atoms with Gasteiger partial charge in [0.1, 0.15) is 11.6 Å². The van der Waals surface area contributed by atoms with Crippen LogP contribution in [-0.4, -0.2) is 23.5 Å². The normalized spacial score (nSPS) is 10.2. The van der Waals surface area contributed by atoms with E-state index < -0.39 is 5.97 Å². The van der Waals surface area contributed by atoms with Crippen LogP contribution in [0.15, 0.2) is 66.9 Å². The van der Waals surface area contributed by atoms with Gasteiger partial charge >= 0.3 is 5.97 Å². The highest BCUT2D eigenvalue weighted by Gasteiger charge is 2.10. The number of carbonyl (C=O) groups excluding carboxylic acids is 2. The molecule has 3 rings (SSSR count). The van der Waals surface area contributed by atoms with E-state index in [1.54, 1.807) is 55.5 Å². The molecule has 0 spiro atoms. The van der Waals surface area contributed by atoms with Crippen LogP contribution in [0.5, 0.6) is 0 Å². The standard InChI is InChI=1S/C21H18FN3O3/c1-2-28-21(27)14-3-7-18(8-4-14)25-20(26)15-11-12-23-19(13-15)24-17-9-5-16(22)6-10-17/h3-13H,2H2,1H3,(H,23,24)(H,25,26). The summed E-state index contributed by atoms with van der Waals surface area (Å²) in [4.78, 5) is 28.3. The van der Waals surface area contributed by atoms with Gasteiger partial charge in [0.15, 0.2) is 0 Å². The Bertz CT molecular complexity index is 973. The number of carbonyl (C=O) groups is 2. The van der Waals surface area contributed by atoms with Gasteiger partial charge in [-0.1, -0.05) is 0 Å². The van der Waals surface area contributed by atoms with Gasteiger partial charge in [0.2, 0.25) is 0 Å². The Balaban J connectivity index is 1.67. The van der Waals surface area contributed by atoms with Crippen LogP contribution in [0.3, 0.4) is 0 Å². The van der Waals surface area contributed by atoms with Crippen LogP contribution in [0.1, 0.15) is 27.6 Å². The summed E-state index contributed by atoms with van der Waals surface area (Å²) in [6, 6.07) is 15.4. The Hall–Kier alpha value is -3.74. The van der Waals surface area contributed by atoms with Crippen molar-refractivity contribution in [1.29, 1.82) is 0 Å². The van der Waals surface area contributed by atoms with Crippen molar-refractivity contribution in [2.45, 2.75) is 6.92 Å². The van der Waals surface area contributed by atoms with Crippen LogP contribution >= 0.6 is 0 Å². The predicted molar refractivity (Wildman–Crippen MR) is 104 cm³/mol. The zero-order valence-electron chi connectivity index (χ0n) is 15.1. The number of hydrogen-bond donors (Lipinski definition) is 2. The van der Waals surface area contributed by atoms with Gasteiger partial charge in [0.25, 0.3) is 5.91 Å². The molecule has 0 unspecified atom stereocenters. The smallest absolute Gasteiger partial charge is 0.338 e. The summed E-state index contributed by atoms with van der Waals surface area (Å²) >= 11 is 0. The van der Waals surface area contributed by atoms with Crippen molar-refractivity contribution in [3.63, 3.8) is 0 Å². The maximum atomic E-state index is 13.0. The molecule has 2 aromatic carbocycles. The Kier molecular flexibility index (Phi) is 5.96. The first kappa shape index (κ1) is 19.0. The van der Waals surface area contributed by atoms with Crippen LogP contribution in [0, 0.1) is 5.82 Å². The molecule has 1 heterocycles. The molecule has 0 aliphatic carbocycles. The number of nitrogens with one attached hydrogen (secondary N) is 2. The second-order valence-electron chi connectivity index (χ2n) is 5.81. The van der Waals surface area contributed by atoms with Gasteiger partial charge in [0, 0.05) is 23.1 Å². The molecule has 7 heteroatoms. The largest absolute Gasteiger partial charge is 0.462 e. The summed E-state index contributed by atoms with van der Waals surface area (Å²) in [6.07, 6.45) is 1.50. The zero-order chi connectivity index (χ0) is 19.9. The second kappa shape index (κ2) is 8.77. The highest BCUT2D eigenvalue weighted by Crippen LogP contribution is 2.17. The summed E-state index contributed by atoms with van der Waals surface area (Å²) in [5, 5.41) is 5.77. The molecular weight excluding hydrogens is 361 g/mol. The van der Waals surface area contributed by atoms with Crippen molar-refractivity contribution in [3.05, 3.63) is 83.8 Å². The molecule has 142 valence electrons. The maximum Gasteiger partial charge on any atom is 0.338 e. The predicted octanol–water partition coefficient (Wildman–Crippen LogP) is 4.39. The first-order valence-corrected chi connectivity index (χ1v) is 8.62. The van der Waals surface area contributed by atoms with E-state index in [4.69, 9.17) is 4.74 Å². The van der Waals surface area contributed by atoms with Gasteiger partial charge in [0.05, 0.1) is 12.2 Å². The van der Waals surface area contributed by atoms with Crippen molar-refractivity contribution >= 4 is 29.1 Å². The molecule has 0 aliphatic rings. The average Bonchev–Trinajstić information content (AvgIpc) is 2.71. The number of esters is 1. The lowest BCUT2D eigenvalue weighted by atomic mass is 10.2. The third-order valence-electron chi connectivity index (χ3n) is 3.79. The van der Waals surface area contributed by atoms with Gasteiger partial charge < -0.3 is 15.4 Å². The third-order valence-corrected chi connectivity index (χ3v) is 3.79. The number of nitrogens with zero attached hydrogens (tertiary/aromatic N) is 1. The van der Waals surface area contributed by atoms with Crippen molar-refractivity contribution in [2.24, 2.45) is 0 Å². The molecule has 0 atom stereocenters. The SMILES string of the molecule is CCOC(=O)c1ccc(NC(=O)c2ccnc(Nc3ccc(F)cc3)c2)cc1. The Labute approximate surface area is 161 Å². The fourth-order valence-electron chi connectivity index (χ4n) is 2.43. The number of pyridine rings is 1. The number of benzene rings is 2. The zero-order valence-corrected chi connectivity index (χ0v) is 15.1. The summed E-state index contributed by atoms with van der Waals surface area (Å²) in [6.45, 7) is 2.04. The highest BCUT2D eigenvalue weighted by molar-refractivity contribution is 6.04. The summed E-state index contributed by atoms with van der Waals surface area (Å²) < 4.78 is 17.9. The minimum atomic E-state index is -0.411. The van der Waals surface area contributed by atoms with E-state index >= 15 is 0 Å². The van der Waals surface area contributed by atoms with Crippen LogP contribution < -0.4 is 10.6 Å². The minimum absolute atomic E-state index is 0.299. The molecule has 1 amide bonds. The molecule has 0 bridgehead atoms. The number of rotatable bonds is 6. The second-order valence-corrected chi connectivity index (χ2v) is 5.81. The van der Waals surface area contributed by atoms with E-state index in [2.05, 4.69) is 15.6 Å². The first-order valence-electron chi connectivity index (χ1n) is 8.62. The maximum absolute atomic E-state index is 13.0. The lowest BCUT2D eigenvalue weighted by Gasteiger charge is -2.09. The van der Waals surface area contributed by atoms with Crippen molar-refractivity contribution in [1.82, 2.24) is 4.98 Å². The Morgan fingerprint density at radius 1 is 0.964 bits per heavy atom. The van der Waals surface area contributed by atoms with E-state index in [0.29, 0.717) is 34.9 Å². The number of anilines is 3. The molecule has 0 fully saturated rings. The lowest BCUT2D eigenvalue weighted by molar-refractivity contribution is 0.0526. The molecule has 0 radical (unpaired) electrons. The molecule has 2 N–H and O–H groups in total. The Morgan fingerprint density at radius 3 is 2.32 bits per heavy atom. The molecule has 1 aromatic heterocycles. The number of aromatic nitrogens is 1. The number of ether oxygens (including phenoxy) is 1. The Morgan fingerprint density at radius 2 is 1.64 bits per heavy atom. The molecule has 0 saturated heterocycles. The van der Waals surface area contributed by atoms with Crippen molar-refractivity contribution in [2.75, 3.05) is 17.2 Å². The summed E-state index contributed by atoms with van der Waals surface area (Å²) in [5.41, 5.74) is 2.01. The molecular formula is C21H18FN3O3. The van der Waals surface area contributed by atoms with Crippen LogP contribution in [0.2, 0.25) is 0 Å². The van der Waals surface area contributed by atoms with Crippen LogP contribution in [0.25, 0.3) is 0 Å². The van der Waals surface area contributed by atoms with E-state index in [9.17, 15) is 14.0 Å². The third kappa shape index (κ3) is 4.91. The van der Waals surface area contributed by atoms with E-state index in [-0.39, 0.29) is 11.7 Å². The quantitative estimate of drug-likeness (QED) is 0.621. The van der Waals surface area contributed by atoms with E-state index in [1.165, 1.54) is 18.3 Å². The fraction of sp³-hybridized carbons (Fsp3) is 0.0952. The van der Waals surface area contributed by atoms with Gasteiger partial charge in [-0.3, -0.25) is 4.79 Å². The topological polar surface area (TPSA) is 80.3 Å². The van der Waals surface area contributed by atoms with E-state index in [0.717, 1.165) is 0 Å². The summed E-state index contributed by atoms with van der Waals surface area (Å²) in [5.74, 6) is -0.614. The molecule has 6 nitrogen and oxygen atoms in total. The van der Waals surface area contributed by atoms with E-state index in [1.807, 2.05) is 0 Å². The minimum Gasteiger partial charge on any atom is -0.462 e. The fourth-order valence-corrected chi connectivity index (χ4v) is 2.43. The average molecular weight is 379 g/mol. The van der Waals surface area contributed by atoms with Crippen LogP contribution in [-0.2, 0) is 4.74 Å². The molecule has 28 heavy (non-hydrogen) atoms. The molecule has 3 aromatic rings. The van der Waals surface area contributed by atoms with Crippen LogP contribution in [0.4, 0.5) is 21.6 Å². The number of hydrogen-bond acceptors (Lipinski definition) is 5. The van der Waals surface area contributed by atoms with Crippen molar-refractivity contribution in [3.8, 4) is 0 Å². The lowest BCUT2D eigenvalue weighted by Crippen LogP contribution is -2.12.